The largest absolute Gasteiger partial charge is 0.462 e. The maximum Gasteiger partial charge on any atom is 0.107 e. The summed E-state index contributed by atoms with van der Waals surface area (Å²) in [5.74, 6) is 2.80. The monoisotopic (exact) mass is 142 g/mol. The van der Waals surface area contributed by atoms with Crippen molar-refractivity contribution >= 4 is 0 Å². The van der Waals surface area contributed by atoms with E-state index in [0.717, 1.165) is 6.61 Å². The van der Waals surface area contributed by atoms with Crippen molar-refractivity contribution in [1.82, 2.24) is 0 Å². The van der Waals surface area contributed by atoms with Crippen LogP contribution in [-0.2, 0) is 4.74 Å². The van der Waals surface area contributed by atoms with E-state index in [0.29, 0.717) is 6.10 Å². The number of hydrogen-bond acceptors (Lipinski definition) is 2. The minimum atomic E-state index is 0.287. The lowest BCUT2D eigenvalue weighted by Gasteiger charge is -1.80. The molecule has 0 aromatic carbocycles. The molecular weight excluding hydrogens is 128 g/mol. The summed E-state index contributed by atoms with van der Waals surface area (Å²) in [6.07, 6.45) is 2.40. The predicted molar refractivity (Wildman–Crippen MR) is 40.0 cm³/mol. The van der Waals surface area contributed by atoms with Crippen molar-refractivity contribution in [3.8, 4) is 12.0 Å². The van der Waals surface area contributed by atoms with Crippen molar-refractivity contribution in [2.45, 2.75) is 26.9 Å². The molecule has 0 radical (unpaired) electrons. The van der Waals surface area contributed by atoms with Gasteiger partial charge in [0.25, 0.3) is 0 Å². The number of hydrogen-bond donors (Lipinski definition) is 1. The van der Waals surface area contributed by atoms with Gasteiger partial charge < -0.3 is 9.84 Å². The average molecular weight is 142 g/mol. The quantitative estimate of drug-likeness (QED) is 0.409. The van der Waals surface area contributed by atoms with Gasteiger partial charge in [-0.2, -0.15) is 0 Å². The molecule has 1 heterocycles. The number of aliphatic hydroxyl groups excluding tert-OH is 1. The first-order valence-electron chi connectivity index (χ1n) is 3.43. The van der Waals surface area contributed by atoms with Crippen molar-refractivity contribution in [3.63, 3.8) is 0 Å². The van der Waals surface area contributed by atoms with E-state index in [4.69, 9.17) is 9.84 Å². The molecule has 0 spiro atoms. The molecular formula is C8H14O2. The molecule has 10 heavy (non-hydrogen) atoms. The molecule has 1 saturated heterocycles. The van der Waals surface area contributed by atoms with Crippen molar-refractivity contribution in [2.24, 2.45) is 5.92 Å². The Morgan fingerprint density at radius 3 is 2.00 bits per heavy atom. The van der Waals surface area contributed by atoms with Gasteiger partial charge in [0, 0.05) is 5.92 Å². The van der Waals surface area contributed by atoms with Gasteiger partial charge >= 0.3 is 0 Å². The molecule has 1 aliphatic heterocycles. The molecule has 1 fully saturated rings. The summed E-state index contributed by atoms with van der Waals surface area (Å²) in [6, 6.07) is 0. The SMILES string of the molecule is CC(C)C#CO.CC1CO1. The van der Waals surface area contributed by atoms with E-state index < -0.39 is 0 Å². The van der Waals surface area contributed by atoms with Crippen molar-refractivity contribution in [2.75, 3.05) is 6.61 Å². The highest BCUT2D eigenvalue weighted by molar-refractivity contribution is 4.92. The zero-order chi connectivity index (χ0) is 7.98. The summed E-state index contributed by atoms with van der Waals surface area (Å²) in [7, 11) is 0. The Labute approximate surface area is 62.2 Å². The molecule has 0 aliphatic carbocycles. The second-order valence-corrected chi connectivity index (χ2v) is 2.55. The fourth-order valence-electron chi connectivity index (χ4n) is 0.225. The number of rotatable bonds is 0. The van der Waals surface area contributed by atoms with Crippen LogP contribution in [0.15, 0.2) is 0 Å². The van der Waals surface area contributed by atoms with E-state index in [-0.39, 0.29) is 5.92 Å². The van der Waals surface area contributed by atoms with Gasteiger partial charge in [0.05, 0.1) is 12.7 Å². The van der Waals surface area contributed by atoms with Gasteiger partial charge in [-0.3, -0.25) is 0 Å². The van der Waals surface area contributed by atoms with E-state index in [1.54, 1.807) is 0 Å². The molecule has 1 N–H and O–H groups in total. The lowest BCUT2D eigenvalue weighted by molar-refractivity contribution is 0.423. The second-order valence-electron chi connectivity index (χ2n) is 2.55. The number of ether oxygens (including phenoxy) is 1. The molecule has 0 bridgehead atoms. The smallest absolute Gasteiger partial charge is 0.107 e. The maximum atomic E-state index is 7.88. The minimum Gasteiger partial charge on any atom is -0.462 e. The third kappa shape index (κ3) is 10.3. The first-order valence-corrected chi connectivity index (χ1v) is 3.43. The highest BCUT2D eigenvalue weighted by Crippen LogP contribution is 2.04. The standard InChI is InChI=1S/C5H8O.C3H6O/c1-5(2)3-4-6;1-3-2-4-3/h5-6H,1-2H3;3H,2H2,1H3. The molecule has 2 nitrogen and oxygen atoms in total. The van der Waals surface area contributed by atoms with Crippen molar-refractivity contribution in [1.29, 1.82) is 0 Å². The van der Waals surface area contributed by atoms with Gasteiger partial charge in [-0.15, -0.1) is 0 Å². The Morgan fingerprint density at radius 2 is 2.00 bits per heavy atom. The fourth-order valence-corrected chi connectivity index (χ4v) is 0.225. The molecule has 1 rings (SSSR count). The van der Waals surface area contributed by atoms with Gasteiger partial charge in [-0.05, 0) is 6.92 Å². The Morgan fingerprint density at radius 1 is 1.60 bits per heavy atom. The second kappa shape index (κ2) is 5.13. The van der Waals surface area contributed by atoms with E-state index >= 15 is 0 Å². The van der Waals surface area contributed by atoms with Gasteiger partial charge in [-0.1, -0.05) is 19.8 Å². The Bertz CT molecular complexity index is 126. The van der Waals surface area contributed by atoms with Crippen molar-refractivity contribution in [3.05, 3.63) is 0 Å². The van der Waals surface area contributed by atoms with Gasteiger partial charge in [-0.25, -0.2) is 0 Å². The first-order chi connectivity index (χ1) is 4.66. The number of aliphatic hydroxyl groups is 1. The van der Waals surface area contributed by atoms with Crippen molar-refractivity contribution < 1.29 is 9.84 Å². The normalized spacial score (nSPS) is 20.2. The number of epoxide rings is 1. The van der Waals surface area contributed by atoms with Crippen LogP contribution in [-0.4, -0.2) is 17.8 Å². The summed E-state index contributed by atoms with van der Waals surface area (Å²) in [6.45, 7) is 6.88. The molecule has 1 aliphatic rings. The van der Waals surface area contributed by atoms with Crippen LogP contribution < -0.4 is 0 Å². The van der Waals surface area contributed by atoms with Crippen LogP contribution in [0.4, 0.5) is 0 Å². The van der Waals surface area contributed by atoms with Gasteiger partial charge in [0.2, 0.25) is 0 Å². The molecule has 1 atom stereocenters. The lowest BCUT2D eigenvalue weighted by atomic mass is 10.2. The summed E-state index contributed by atoms with van der Waals surface area (Å²) in [5.41, 5.74) is 0. The Balaban J connectivity index is 0.000000172. The summed E-state index contributed by atoms with van der Waals surface area (Å²) < 4.78 is 4.71. The average Bonchev–Trinajstić information content (AvgIpc) is 2.52. The Kier molecular flexibility index (Phi) is 4.78. The predicted octanol–water partition coefficient (Wildman–Crippen LogP) is 1.38. The molecule has 58 valence electrons. The van der Waals surface area contributed by atoms with Crippen LogP contribution >= 0.6 is 0 Å². The molecule has 2 heteroatoms. The highest BCUT2D eigenvalue weighted by Gasteiger charge is 2.13. The van der Waals surface area contributed by atoms with Crippen LogP contribution in [0.2, 0.25) is 0 Å². The van der Waals surface area contributed by atoms with Gasteiger partial charge in [0.1, 0.15) is 6.11 Å². The minimum absolute atomic E-state index is 0.287. The fraction of sp³-hybridized carbons (Fsp3) is 0.750. The van der Waals surface area contributed by atoms with E-state index in [1.807, 2.05) is 20.0 Å². The zero-order valence-corrected chi connectivity index (χ0v) is 6.72. The highest BCUT2D eigenvalue weighted by atomic mass is 16.6. The van der Waals surface area contributed by atoms with E-state index in [1.165, 1.54) is 0 Å². The van der Waals surface area contributed by atoms with Crippen LogP contribution in [0, 0.1) is 17.9 Å². The summed E-state index contributed by atoms with van der Waals surface area (Å²) in [4.78, 5) is 0. The topological polar surface area (TPSA) is 32.8 Å². The van der Waals surface area contributed by atoms with E-state index in [9.17, 15) is 0 Å². The van der Waals surface area contributed by atoms with Crippen LogP contribution in [0.5, 0.6) is 0 Å². The van der Waals surface area contributed by atoms with E-state index in [2.05, 4.69) is 12.8 Å². The summed E-state index contributed by atoms with van der Waals surface area (Å²) in [5, 5.41) is 7.88. The molecule has 0 amide bonds. The maximum absolute atomic E-state index is 7.88. The molecule has 0 aromatic heterocycles. The summed E-state index contributed by atoms with van der Waals surface area (Å²) >= 11 is 0. The molecule has 0 saturated carbocycles. The Hall–Kier alpha value is -0.680. The third-order valence-electron chi connectivity index (χ3n) is 0.853. The lowest BCUT2D eigenvalue weighted by Crippen LogP contribution is -1.75. The zero-order valence-electron chi connectivity index (χ0n) is 6.72. The van der Waals surface area contributed by atoms with Crippen LogP contribution in [0.25, 0.3) is 0 Å². The molecule has 1 unspecified atom stereocenters. The first kappa shape index (κ1) is 9.32. The third-order valence-corrected chi connectivity index (χ3v) is 0.853. The van der Waals surface area contributed by atoms with Crippen LogP contribution in [0.3, 0.4) is 0 Å². The molecule has 0 aromatic rings. The van der Waals surface area contributed by atoms with Crippen LogP contribution in [0.1, 0.15) is 20.8 Å². The van der Waals surface area contributed by atoms with Gasteiger partial charge in [0.15, 0.2) is 0 Å².